The van der Waals surface area contributed by atoms with Gasteiger partial charge in [0.2, 0.25) is 0 Å². The Morgan fingerprint density at radius 1 is 0.465 bits per heavy atom. The fourth-order valence-corrected chi connectivity index (χ4v) is 10.8. The Hall–Kier alpha value is -0.190. The Kier molecular flexibility index (Phi) is 39.8. The maximum absolute atomic E-state index is 9.72. The van der Waals surface area contributed by atoms with E-state index in [0.717, 1.165) is 0 Å². The highest BCUT2D eigenvalue weighted by Gasteiger charge is 2.35. The number of carboxylic acids is 2. The normalized spacial score (nSPS) is 11.8. The fraction of sp³-hybridized carbons (Fsp3) is 0.944. The van der Waals surface area contributed by atoms with Gasteiger partial charge in [0, 0.05) is 7.26 Å². The summed E-state index contributed by atoms with van der Waals surface area (Å²) in [6.45, 7) is 9.38. The SMILES string of the molecule is CCCCCCCC[P+](CCCCCCCC)(CCCCCCCC)CCCCCCCC.O=C(O)CC(O)C(=O)O.[Br-]. The van der Waals surface area contributed by atoms with Crippen molar-refractivity contribution in [3.63, 3.8) is 0 Å². The lowest BCUT2D eigenvalue weighted by Crippen LogP contribution is -3.00. The van der Waals surface area contributed by atoms with E-state index < -0.39 is 31.7 Å². The molecule has 0 spiro atoms. The van der Waals surface area contributed by atoms with Gasteiger partial charge in [-0.1, -0.05) is 130 Å². The number of halogens is 1. The van der Waals surface area contributed by atoms with Crippen molar-refractivity contribution in [3.8, 4) is 0 Å². The average molecular weight is 698 g/mol. The number of unbranched alkanes of at least 4 members (excludes halogenated alkanes) is 20. The van der Waals surface area contributed by atoms with E-state index in [2.05, 4.69) is 27.7 Å². The molecule has 1 unspecified atom stereocenters. The van der Waals surface area contributed by atoms with Crippen molar-refractivity contribution in [2.24, 2.45) is 0 Å². The highest BCUT2D eigenvalue weighted by atomic mass is 79.9. The first-order valence-electron chi connectivity index (χ1n) is 18.3. The average Bonchev–Trinajstić information content (AvgIpc) is 2.96. The van der Waals surface area contributed by atoms with E-state index >= 15 is 0 Å². The van der Waals surface area contributed by atoms with E-state index in [1.54, 1.807) is 50.3 Å². The lowest BCUT2D eigenvalue weighted by atomic mass is 10.1. The Morgan fingerprint density at radius 3 is 0.884 bits per heavy atom. The first-order valence-corrected chi connectivity index (χ1v) is 20.8. The summed E-state index contributed by atoms with van der Waals surface area (Å²) in [4.78, 5) is 19.4. The first kappa shape index (κ1) is 47.2. The number of aliphatic hydroxyl groups is 1. The molecular weight excluding hydrogens is 623 g/mol. The van der Waals surface area contributed by atoms with Gasteiger partial charge in [-0.2, -0.15) is 0 Å². The molecule has 0 rings (SSSR count). The summed E-state index contributed by atoms with van der Waals surface area (Å²) in [5.74, 6) is -2.85. The van der Waals surface area contributed by atoms with Crippen molar-refractivity contribution in [2.45, 2.75) is 194 Å². The molecule has 0 aromatic carbocycles. The van der Waals surface area contributed by atoms with E-state index in [-0.39, 0.29) is 17.0 Å². The Balaban J connectivity index is -0.00000137. The van der Waals surface area contributed by atoms with Gasteiger partial charge in [-0.15, -0.1) is 0 Å². The van der Waals surface area contributed by atoms with Gasteiger partial charge in [0.05, 0.1) is 31.1 Å². The molecule has 0 amide bonds. The number of carboxylic acid groups (broad SMARTS) is 2. The summed E-state index contributed by atoms with van der Waals surface area (Å²) >= 11 is 0. The minimum atomic E-state index is -1.79. The lowest BCUT2D eigenvalue weighted by molar-refractivity contribution is -0.152. The summed E-state index contributed by atoms with van der Waals surface area (Å²) in [7, 11) is -0.718. The van der Waals surface area contributed by atoms with Crippen molar-refractivity contribution < 1.29 is 41.9 Å². The van der Waals surface area contributed by atoms with Gasteiger partial charge in [-0.3, -0.25) is 4.79 Å². The maximum Gasteiger partial charge on any atom is 0.333 e. The summed E-state index contributed by atoms with van der Waals surface area (Å²) < 4.78 is 0. The molecule has 0 aliphatic rings. The topological polar surface area (TPSA) is 94.8 Å². The largest absolute Gasteiger partial charge is 1.00 e. The van der Waals surface area contributed by atoms with Crippen molar-refractivity contribution in [3.05, 3.63) is 0 Å². The van der Waals surface area contributed by atoms with Crippen LogP contribution in [0.3, 0.4) is 0 Å². The van der Waals surface area contributed by atoms with Crippen LogP contribution in [-0.4, -0.2) is 58.0 Å². The molecule has 0 saturated carbocycles. The molecule has 5 nitrogen and oxygen atoms in total. The first-order chi connectivity index (χ1) is 20.3. The third-order valence-corrected chi connectivity index (χ3v) is 13.7. The molecule has 0 heterocycles. The zero-order chi connectivity index (χ0) is 31.7. The molecule has 0 radical (unpaired) electrons. The number of rotatable bonds is 31. The zero-order valence-electron chi connectivity index (χ0n) is 29.1. The standard InChI is InChI=1S/C32H68P.C4H6O5.BrH/c1-5-9-13-17-21-25-29-33(30-26-22-18-14-10-6-2,31-27-23-19-15-11-7-3)32-28-24-20-16-12-8-4;5-2(4(8)9)1-3(6)7;/h5-32H2,1-4H3;2,5H,1H2,(H,6,7)(H,8,9);1H/q+1;;/p-1. The fourth-order valence-electron chi connectivity index (χ4n) is 5.83. The van der Waals surface area contributed by atoms with Crippen molar-refractivity contribution >= 4 is 19.2 Å². The Bertz CT molecular complexity index is 520. The van der Waals surface area contributed by atoms with Gasteiger partial charge in [-0.05, 0) is 51.4 Å². The molecule has 0 aliphatic carbocycles. The molecule has 43 heavy (non-hydrogen) atoms. The maximum atomic E-state index is 9.72. The molecular formula is C36H74BrO5P. The monoisotopic (exact) mass is 696 g/mol. The molecule has 0 aliphatic heterocycles. The smallest absolute Gasteiger partial charge is 0.333 e. The number of aliphatic carboxylic acids is 2. The second-order valence-electron chi connectivity index (χ2n) is 12.8. The highest BCUT2D eigenvalue weighted by Crippen LogP contribution is 2.61. The van der Waals surface area contributed by atoms with Gasteiger partial charge < -0.3 is 32.3 Å². The molecule has 7 heteroatoms. The predicted octanol–water partition coefficient (Wildman–Crippen LogP) is 8.36. The highest BCUT2D eigenvalue weighted by molar-refractivity contribution is 7.75. The molecule has 3 N–H and O–H groups in total. The molecule has 0 saturated heterocycles. The second-order valence-corrected chi connectivity index (χ2v) is 17.2. The van der Waals surface area contributed by atoms with E-state index in [4.69, 9.17) is 15.3 Å². The van der Waals surface area contributed by atoms with Gasteiger partial charge in [0.1, 0.15) is 0 Å². The van der Waals surface area contributed by atoms with Crippen LogP contribution in [0, 0.1) is 0 Å². The Labute approximate surface area is 279 Å². The van der Waals surface area contributed by atoms with Crippen LogP contribution in [0.1, 0.15) is 188 Å². The number of carbonyl (C=O) groups is 2. The van der Waals surface area contributed by atoms with Crippen molar-refractivity contribution in [1.29, 1.82) is 0 Å². The lowest BCUT2D eigenvalue weighted by Gasteiger charge is -2.28. The number of aliphatic hydroxyl groups excluding tert-OH is 1. The van der Waals surface area contributed by atoms with Crippen LogP contribution < -0.4 is 17.0 Å². The van der Waals surface area contributed by atoms with Crippen LogP contribution in [0.5, 0.6) is 0 Å². The van der Waals surface area contributed by atoms with Crippen LogP contribution in [0.25, 0.3) is 0 Å². The minimum absolute atomic E-state index is 0. The predicted molar refractivity (Wildman–Crippen MR) is 186 cm³/mol. The van der Waals surface area contributed by atoms with E-state index in [1.165, 1.54) is 128 Å². The van der Waals surface area contributed by atoms with Crippen LogP contribution in [0.4, 0.5) is 0 Å². The van der Waals surface area contributed by atoms with Crippen LogP contribution in [-0.2, 0) is 9.59 Å². The third kappa shape index (κ3) is 34.5. The quantitative estimate of drug-likeness (QED) is 0.0500. The molecule has 1 atom stereocenters. The summed E-state index contributed by atoms with van der Waals surface area (Å²) in [6.07, 6.45) is 39.6. The number of hydrogen-bond acceptors (Lipinski definition) is 3. The second kappa shape index (κ2) is 36.3. The van der Waals surface area contributed by atoms with Crippen LogP contribution >= 0.6 is 7.26 Å². The van der Waals surface area contributed by atoms with Crippen LogP contribution in [0.15, 0.2) is 0 Å². The van der Waals surface area contributed by atoms with E-state index in [1.807, 2.05) is 0 Å². The summed E-state index contributed by atoms with van der Waals surface area (Å²) in [6, 6.07) is 0. The molecule has 0 aromatic rings. The van der Waals surface area contributed by atoms with Crippen molar-refractivity contribution in [1.82, 2.24) is 0 Å². The third-order valence-electron chi connectivity index (χ3n) is 8.60. The number of hydrogen-bond donors (Lipinski definition) is 3. The molecule has 0 bridgehead atoms. The summed E-state index contributed by atoms with van der Waals surface area (Å²) in [5, 5.41) is 24.1. The van der Waals surface area contributed by atoms with Crippen LogP contribution in [0.2, 0.25) is 0 Å². The molecule has 0 fully saturated rings. The molecule has 0 aromatic heterocycles. The summed E-state index contributed by atoms with van der Waals surface area (Å²) in [5.41, 5.74) is 0. The zero-order valence-corrected chi connectivity index (χ0v) is 31.5. The Morgan fingerprint density at radius 2 is 0.698 bits per heavy atom. The van der Waals surface area contributed by atoms with Gasteiger partial charge >= 0.3 is 11.9 Å². The minimum Gasteiger partial charge on any atom is -1.00 e. The van der Waals surface area contributed by atoms with E-state index in [0.29, 0.717) is 0 Å². The van der Waals surface area contributed by atoms with Gasteiger partial charge in [0.25, 0.3) is 0 Å². The molecule has 260 valence electrons. The van der Waals surface area contributed by atoms with Gasteiger partial charge in [-0.25, -0.2) is 4.79 Å². The van der Waals surface area contributed by atoms with Gasteiger partial charge in [0.15, 0.2) is 6.10 Å². The van der Waals surface area contributed by atoms with E-state index in [9.17, 15) is 9.59 Å². The van der Waals surface area contributed by atoms with Crippen molar-refractivity contribution in [2.75, 3.05) is 24.6 Å².